The normalized spacial score (nSPS) is 10.8. The van der Waals surface area contributed by atoms with Crippen molar-refractivity contribution in [1.29, 1.82) is 0 Å². The van der Waals surface area contributed by atoms with Gasteiger partial charge in [0, 0.05) is 23.0 Å². The van der Waals surface area contributed by atoms with Gasteiger partial charge in [-0.15, -0.1) is 0 Å². The Morgan fingerprint density at radius 3 is 2.70 bits per heavy atom. The molecule has 0 atom stereocenters. The van der Waals surface area contributed by atoms with Gasteiger partial charge in [-0.05, 0) is 20.8 Å². The molecule has 7 nitrogen and oxygen atoms in total. The fourth-order valence-electron chi connectivity index (χ4n) is 2.04. The van der Waals surface area contributed by atoms with Crippen molar-refractivity contribution in [3.05, 3.63) is 28.7 Å². The standard InChI is InChI=1S/C13H15N3O4/c1-4-20-12(17)5-9-7(2)14-11-6-10(13(18)19)15-16(11)8(9)3/h6H,4-5H2,1-3H3,(H,18,19). The Hall–Kier alpha value is -2.44. The highest BCUT2D eigenvalue weighted by Crippen LogP contribution is 2.16. The fraction of sp³-hybridized carbons (Fsp3) is 0.385. The molecule has 106 valence electrons. The zero-order valence-corrected chi connectivity index (χ0v) is 11.5. The summed E-state index contributed by atoms with van der Waals surface area (Å²) in [6, 6.07) is 1.40. The van der Waals surface area contributed by atoms with Gasteiger partial charge in [-0.25, -0.2) is 14.3 Å². The molecule has 2 aromatic rings. The van der Waals surface area contributed by atoms with Crippen molar-refractivity contribution in [2.75, 3.05) is 6.61 Å². The molecule has 2 heterocycles. The van der Waals surface area contributed by atoms with E-state index in [0.717, 1.165) is 0 Å². The minimum Gasteiger partial charge on any atom is -0.476 e. The van der Waals surface area contributed by atoms with E-state index in [1.807, 2.05) is 0 Å². The maximum Gasteiger partial charge on any atom is 0.356 e. The number of hydrogen-bond acceptors (Lipinski definition) is 5. The van der Waals surface area contributed by atoms with Crippen LogP contribution in [-0.4, -0.2) is 38.3 Å². The number of carboxylic acid groups (broad SMARTS) is 1. The molecule has 0 fully saturated rings. The number of carbonyl (C=O) groups is 2. The molecule has 0 amide bonds. The molecule has 1 N–H and O–H groups in total. The number of ether oxygens (including phenoxy) is 1. The lowest BCUT2D eigenvalue weighted by Crippen LogP contribution is -2.13. The van der Waals surface area contributed by atoms with E-state index in [-0.39, 0.29) is 18.1 Å². The third-order valence-corrected chi connectivity index (χ3v) is 3.01. The summed E-state index contributed by atoms with van der Waals surface area (Å²) < 4.78 is 6.36. The molecule has 2 aromatic heterocycles. The summed E-state index contributed by atoms with van der Waals surface area (Å²) in [6.45, 7) is 5.60. The van der Waals surface area contributed by atoms with E-state index < -0.39 is 5.97 Å². The summed E-state index contributed by atoms with van der Waals surface area (Å²) in [6.07, 6.45) is 0.0940. The monoisotopic (exact) mass is 277 g/mol. The van der Waals surface area contributed by atoms with E-state index in [1.165, 1.54) is 10.6 Å². The first-order chi connectivity index (χ1) is 9.43. The Kier molecular flexibility index (Phi) is 3.69. The minimum absolute atomic E-state index is 0.0757. The Labute approximate surface area is 115 Å². The smallest absolute Gasteiger partial charge is 0.356 e. The lowest BCUT2D eigenvalue weighted by Gasteiger charge is -2.10. The summed E-state index contributed by atoms with van der Waals surface area (Å²) in [5.74, 6) is -1.45. The molecule has 0 aliphatic rings. The van der Waals surface area contributed by atoms with Crippen LogP contribution in [0.2, 0.25) is 0 Å². The third kappa shape index (κ3) is 2.47. The first-order valence-corrected chi connectivity index (χ1v) is 6.18. The first kappa shape index (κ1) is 14.0. The van der Waals surface area contributed by atoms with Crippen molar-refractivity contribution in [1.82, 2.24) is 14.6 Å². The summed E-state index contributed by atoms with van der Waals surface area (Å²) in [5.41, 5.74) is 2.43. The van der Waals surface area contributed by atoms with Gasteiger partial charge < -0.3 is 9.84 Å². The number of rotatable bonds is 4. The first-order valence-electron chi connectivity index (χ1n) is 6.18. The zero-order chi connectivity index (χ0) is 14.9. The maximum atomic E-state index is 11.6. The maximum absolute atomic E-state index is 11.6. The quantitative estimate of drug-likeness (QED) is 0.842. The van der Waals surface area contributed by atoms with Gasteiger partial charge in [0.05, 0.1) is 13.0 Å². The molecule has 0 saturated carbocycles. The van der Waals surface area contributed by atoms with Crippen LogP contribution in [0.1, 0.15) is 34.4 Å². The molecule has 0 bridgehead atoms. The van der Waals surface area contributed by atoms with Gasteiger partial charge in [0.1, 0.15) is 0 Å². The highest BCUT2D eigenvalue weighted by molar-refractivity contribution is 5.86. The van der Waals surface area contributed by atoms with Crippen molar-refractivity contribution in [3.8, 4) is 0 Å². The van der Waals surface area contributed by atoms with Gasteiger partial charge >= 0.3 is 11.9 Å². The molecule has 0 aromatic carbocycles. The topological polar surface area (TPSA) is 93.8 Å². The number of aryl methyl sites for hydroxylation is 2. The Bertz CT molecular complexity index is 690. The van der Waals surface area contributed by atoms with Crippen molar-refractivity contribution >= 4 is 17.6 Å². The highest BCUT2D eigenvalue weighted by Gasteiger charge is 2.17. The van der Waals surface area contributed by atoms with Crippen molar-refractivity contribution in [3.63, 3.8) is 0 Å². The summed E-state index contributed by atoms with van der Waals surface area (Å²) in [4.78, 5) is 26.8. The van der Waals surface area contributed by atoms with Crippen LogP contribution in [0.15, 0.2) is 6.07 Å². The van der Waals surface area contributed by atoms with Crippen LogP contribution in [0, 0.1) is 13.8 Å². The largest absolute Gasteiger partial charge is 0.476 e. The van der Waals surface area contributed by atoms with Crippen LogP contribution in [0.4, 0.5) is 0 Å². The molecule has 0 radical (unpaired) electrons. The van der Waals surface area contributed by atoms with Crippen LogP contribution < -0.4 is 0 Å². The van der Waals surface area contributed by atoms with Gasteiger partial charge in [-0.3, -0.25) is 4.79 Å². The summed E-state index contributed by atoms with van der Waals surface area (Å²) >= 11 is 0. The number of carboxylic acids is 1. The molecule has 0 spiro atoms. The highest BCUT2D eigenvalue weighted by atomic mass is 16.5. The number of hydrogen-bond donors (Lipinski definition) is 1. The lowest BCUT2D eigenvalue weighted by molar-refractivity contribution is -0.142. The molecular weight excluding hydrogens is 262 g/mol. The van der Waals surface area contributed by atoms with Crippen LogP contribution in [0.5, 0.6) is 0 Å². The molecule has 0 saturated heterocycles. The predicted molar refractivity (Wildman–Crippen MR) is 69.8 cm³/mol. The predicted octanol–water partition coefficient (Wildman–Crippen LogP) is 1.15. The average molecular weight is 277 g/mol. The van der Waals surface area contributed by atoms with Crippen molar-refractivity contribution in [2.45, 2.75) is 27.2 Å². The van der Waals surface area contributed by atoms with E-state index >= 15 is 0 Å². The van der Waals surface area contributed by atoms with Crippen LogP contribution in [0.25, 0.3) is 5.65 Å². The van der Waals surface area contributed by atoms with E-state index in [9.17, 15) is 9.59 Å². The Balaban J connectivity index is 2.50. The molecule has 7 heteroatoms. The lowest BCUT2D eigenvalue weighted by atomic mass is 10.1. The second-order valence-corrected chi connectivity index (χ2v) is 4.35. The van der Waals surface area contributed by atoms with Crippen molar-refractivity contribution in [2.24, 2.45) is 0 Å². The molecule has 0 aliphatic carbocycles. The van der Waals surface area contributed by atoms with Gasteiger partial charge in [0.2, 0.25) is 0 Å². The number of aromatic carboxylic acids is 1. The van der Waals surface area contributed by atoms with Gasteiger partial charge in [0.15, 0.2) is 11.3 Å². The molecule has 20 heavy (non-hydrogen) atoms. The summed E-state index contributed by atoms with van der Waals surface area (Å²) in [5, 5.41) is 12.9. The third-order valence-electron chi connectivity index (χ3n) is 3.01. The Morgan fingerprint density at radius 1 is 1.40 bits per heavy atom. The van der Waals surface area contributed by atoms with Crippen LogP contribution >= 0.6 is 0 Å². The number of carbonyl (C=O) groups excluding carboxylic acids is 1. The second-order valence-electron chi connectivity index (χ2n) is 4.35. The Morgan fingerprint density at radius 2 is 2.10 bits per heavy atom. The second kappa shape index (κ2) is 5.28. The number of nitrogens with zero attached hydrogens (tertiary/aromatic N) is 3. The minimum atomic E-state index is -1.11. The molecule has 0 aliphatic heterocycles. The summed E-state index contributed by atoms with van der Waals surface area (Å²) in [7, 11) is 0. The average Bonchev–Trinajstić information content (AvgIpc) is 2.79. The van der Waals surface area contributed by atoms with Gasteiger partial charge in [0.25, 0.3) is 0 Å². The molecular formula is C13H15N3O4. The van der Waals surface area contributed by atoms with E-state index in [1.54, 1.807) is 20.8 Å². The van der Waals surface area contributed by atoms with Crippen LogP contribution in [-0.2, 0) is 16.0 Å². The van der Waals surface area contributed by atoms with Gasteiger partial charge in [-0.1, -0.05) is 0 Å². The van der Waals surface area contributed by atoms with Crippen molar-refractivity contribution < 1.29 is 19.4 Å². The zero-order valence-electron chi connectivity index (χ0n) is 11.5. The molecule has 2 rings (SSSR count). The van der Waals surface area contributed by atoms with E-state index in [0.29, 0.717) is 29.2 Å². The number of aromatic nitrogens is 3. The van der Waals surface area contributed by atoms with Crippen LogP contribution in [0.3, 0.4) is 0 Å². The van der Waals surface area contributed by atoms with E-state index in [4.69, 9.17) is 9.84 Å². The number of fused-ring (bicyclic) bond motifs is 1. The molecule has 0 unspecified atom stereocenters. The SMILES string of the molecule is CCOC(=O)Cc1c(C)nc2cc(C(=O)O)nn2c1C. The van der Waals surface area contributed by atoms with E-state index in [2.05, 4.69) is 10.1 Å². The number of esters is 1. The fourth-order valence-corrected chi connectivity index (χ4v) is 2.04. The van der Waals surface area contributed by atoms with Gasteiger partial charge in [-0.2, -0.15) is 5.10 Å².